The molecule has 0 unspecified atom stereocenters. The predicted octanol–water partition coefficient (Wildman–Crippen LogP) is 3.62. The number of imidazole rings is 1. The average Bonchev–Trinajstić information content (AvgIpc) is 2.69. The predicted molar refractivity (Wildman–Crippen MR) is 71.4 cm³/mol. The lowest BCUT2D eigenvalue weighted by Gasteiger charge is -2.25. The van der Waals surface area contributed by atoms with Gasteiger partial charge in [0.1, 0.15) is 17.2 Å². The number of benzene rings is 1. The standard InChI is InChI=1S/C13H14BrFN2O/c1-8-5-6-9(7-18-8)13-16-11-4-2-3-10(15)12(11)17(13)14/h2-4,8-9H,5-7H2,1H3/t8-,9-/m1/s1. The zero-order valence-corrected chi connectivity index (χ0v) is 11.7. The van der Waals surface area contributed by atoms with Crippen LogP contribution in [0, 0.1) is 5.82 Å². The molecule has 1 aromatic carbocycles. The first kappa shape index (κ1) is 12.1. The highest BCUT2D eigenvalue weighted by atomic mass is 79.9. The number of aromatic nitrogens is 2. The molecule has 18 heavy (non-hydrogen) atoms. The van der Waals surface area contributed by atoms with E-state index in [2.05, 4.69) is 28.1 Å². The number of para-hydroxylation sites is 1. The number of hydrogen-bond donors (Lipinski definition) is 0. The fraction of sp³-hybridized carbons (Fsp3) is 0.462. The molecular weight excluding hydrogens is 299 g/mol. The van der Waals surface area contributed by atoms with Crippen molar-refractivity contribution < 1.29 is 9.13 Å². The van der Waals surface area contributed by atoms with Crippen molar-refractivity contribution in [1.29, 1.82) is 0 Å². The summed E-state index contributed by atoms with van der Waals surface area (Å²) < 4.78 is 21.1. The van der Waals surface area contributed by atoms with Gasteiger partial charge in [-0.3, -0.25) is 3.59 Å². The van der Waals surface area contributed by atoms with Crippen LogP contribution in [0.4, 0.5) is 4.39 Å². The van der Waals surface area contributed by atoms with Crippen LogP contribution in [0.15, 0.2) is 18.2 Å². The molecule has 1 fully saturated rings. The molecule has 3 rings (SSSR count). The molecule has 0 saturated carbocycles. The van der Waals surface area contributed by atoms with Crippen LogP contribution in [-0.2, 0) is 4.74 Å². The maximum Gasteiger partial charge on any atom is 0.149 e. The maximum atomic E-state index is 13.8. The SMILES string of the molecule is C[C@@H]1CC[C@@H](c2nc3cccc(F)c3n2Br)CO1. The second kappa shape index (κ2) is 4.63. The normalized spacial score (nSPS) is 24.6. The number of hydrogen-bond acceptors (Lipinski definition) is 2. The van der Waals surface area contributed by atoms with Crippen LogP contribution in [0.1, 0.15) is 31.5 Å². The molecule has 2 aromatic rings. The van der Waals surface area contributed by atoms with Gasteiger partial charge in [0.05, 0.1) is 34.4 Å². The Hall–Kier alpha value is -0.940. The summed E-state index contributed by atoms with van der Waals surface area (Å²) in [5, 5.41) is 0. The topological polar surface area (TPSA) is 27.1 Å². The van der Waals surface area contributed by atoms with Crippen LogP contribution in [0.2, 0.25) is 0 Å². The summed E-state index contributed by atoms with van der Waals surface area (Å²) in [6, 6.07) is 4.96. The second-order valence-electron chi connectivity index (χ2n) is 4.78. The van der Waals surface area contributed by atoms with Gasteiger partial charge in [-0.05, 0) is 31.9 Å². The summed E-state index contributed by atoms with van der Waals surface area (Å²) in [5.41, 5.74) is 1.19. The van der Waals surface area contributed by atoms with Crippen LogP contribution in [-0.4, -0.2) is 21.3 Å². The van der Waals surface area contributed by atoms with E-state index in [1.807, 2.05) is 6.07 Å². The Balaban J connectivity index is 2.02. The summed E-state index contributed by atoms with van der Waals surface area (Å²) in [6.45, 7) is 2.73. The van der Waals surface area contributed by atoms with Crippen LogP contribution in [0.5, 0.6) is 0 Å². The van der Waals surface area contributed by atoms with Gasteiger partial charge in [-0.2, -0.15) is 0 Å². The fourth-order valence-electron chi connectivity index (χ4n) is 2.41. The third kappa shape index (κ3) is 1.95. The van der Waals surface area contributed by atoms with Crippen molar-refractivity contribution in [2.45, 2.75) is 31.8 Å². The molecule has 96 valence electrons. The molecule has 1 saturated heterocycles. The Bertz CT molecular complexity index is 576. The molecule has 0 aliphatic carbocycles. The Labute approximate surface area is 113 Å². The lowest BCUT2D eigenvalue weighted by Crippen LogP contribution is -2.23. The number of ether oxygens (including phenoxy) is 1. The third-order valence-corrected chi connectivity index (χ3v) is 4.18. The highest BCUT2D eigenvalue weighted by Gasteiger charge is 2.25. The number of nitrogens with zero attached hydrogens (tertiary/aromatic N) is 2. The molecule has 2 heterocycles. The maximum absolute atomic E-state index is 13.8. The molecule has 5 heteroatoms. The van der Waals surface area contributed by atoms with Gasteiger partial charge in [0.2, 0.25) is 0 Å². The summed E-state index contributed by atoms with van der Waals surface area (Å²) >= 11 is 3.41. The molecule has 1 aliphatic heterocycles. The number of fused-ring (bicyclic) bond motifs is 1. The van der Waals surface area contributed by atoms with E-state index >= 15 is 0 Å². The molecule has 0 amide bonds. The van der Waals surface area contributed by atoms with Crippen LogP contribution in [0.3, 0.4) is 0 Å². The van der Waals surface area contributed by atoms with E-state index in [0.717, 1.165) is 18.7 Å². The molecule has 0 bridgehead atoms. The zero-order valence-electron chi connectivity index (χ0n) is 10.1. The van der Waals surface area contributed by atoms with Gasteiger partial charge < -0.3 is 4.74 Å². The highest BCUT2D eigenvalue weighted by molar-refractivity contribution is 9.08. The Morgan fingerprint density at radius 1 is 1.44 bits per heavy atom. The van der Waals surface area contributed by atoms with E-state index in [4.69, 9.17) is 4.74 Å². The van der Waals surface area contributed by atoms with Gasteiger partial charge in [-0.25, -0.2) is 9.37 Å². The first-order valence-corrected chi connectivity index (χ1v) is 6.82. The summed E-state index contributed by atoms with van der Waals surface area (Å²) in [7, 11) is 0. The largest absolute Gasteiger partial charge is 0.378 e. The molecule has 1 aliphatic rings. The van der Waals surface area contributed by atoms with Crippen molar-refractivity contribution >= 4 is 27.2 Å². The molecule has 1 aromatic heterocycles. The van der Waals surface area contributed by atoms with Gasteiger partial charge in [0.15, 0.2) is 0 Å². The van der Waals surface area contributed by atoms with E-state index in [9.17, 15) is 4.39 Å². The number of halogens is 2. The Morgan fingerprint density at radius 2 is 2.28 bits per heavy atom. The van der Waals surface area contributed by atoms with Crippen molar-refractivity contribution in [3.63, 3.8) is 0 Å². The molecule has 0 radical (unpaired) electrons. The molecule has 3 nitrogen and oxygen atoms in total. The minimum absolute atomic E-state index is 0.229. The monoisotopic (exact) mass is 312 g/mol. The van der Waals surface area contributed by atoms with Crippen molar-refractivity contribution in [1.82, 2.24) is 8.58 Å². The first-order chi connectivity index (χ1) is 8.66. The van der Waals surface area contributed by atoms with Gasteiger partial charge in [-0.1, -0.05) is 6.07 Å². The van der Waals surface area contributed by atoms with E-state index in [0.29, 0.717) is 23.7 Å². The van der Waals surface area contributed by atoms with E-state index < -0.39 is 0 Å². The minimum Gasteiger partial charge on any atom is -0.378 e. The second-order valence-corrected chi connectivity index (χ2v) is 5.49. The van der Waals surface area contributed by atoms with Gasteiger partial charge in [0, 0.05) is 5.92 Å². The van der Waals surface area contributed by atoms with Crippen molar-refractivity contribution in [2.75, 3.05) is 6.61 Å². The third-order valence-electron chi connectivity index (χ3n) is 3.47. The van der Waals surface area contributed by atoms with Crippen molar-refractivity contribution in [3.05, 3.63) is 29.8 Å². The van der Waals surface area contributed by atoms with Gasteiger partial charge in [-0.15, -0.1) is 0 Å². The van der Waals surface area contributed by atoms with E-state index in [-0.39, 0.29) is 11.7 Å². The van der Waals surface area contributed by atoms with E-state index in [1.165, 1.54) is 6.07 Å². The van der Waals surface area contributed by atoms with Crippen molar-refractivity contribution in [2.24, 2.45) is 0 Å². The number of rotatable bonds is 1. The van der Waals surface area contributed by atoms with Gasteiger partial charge in [0.25, 0.3) is 0 Å². The summed E-state index contributed by atoms with van der Waals surface area (Å²) in [5.74, 6) is 0.822. The Morgan fingerprint density at radius 3 is 2.94 bits per heavy atom. The first-order valence-electron chi connectivity index (χ1n) is 6.11. The summed E-state index contributed by atoms with van der Waals surface area (Å²) in [6.07, 6.45) is 2.35. The van der Waals surface area contributed by atoms with Crippen LogP contribution < -0.4 is 0 Å². The molecule has 0 N–H and O–H groups in total. The molecule has 0 spiro atoms. The van der Waals surface area contributed by atoms with Gasteiger partial charge >= 0.3 is 0 Å². The highest BCUT2D eigenvalue weighted by Crippen LogP contribution is 2.31. The van der Waals surface area contributed by atoms with Crippen molar-refractivity contribution in [3.8, 4) is 0 Å². The lowest BCUT2D eigenvalue weighted by atomic mass is 9.98. The Kier molecular flexibility index (Phi) is 3.11. The average molecular weight is 313 g/mol. The van der Waals surface area contributed by atoms with Crippen LogP contribution in [0.25, 0.3) is 11.0 Å². The smallest absolute Gasteiger partial charge is 0.149 e. The molecular formula is C13H14BrFN2O. The minimum atomic E-state index is -0.256. The zero-order chi connectivity index (χ0) is 12.7. The quantitative estimate of drug-likeness (QED) is 0.804. The molecule has 2 atom stereocenters. The van der Waals surface area contributed by atoms with Crippen LogP contribution >= 0.6 is 16.1 Å². The van der Waals surface area contributed by atoms with E-state index in [1.54, 1.807) is 9.66 Å². The fourth-order valence-corrected chi connectivity index (χ4v) is 3.13. The summed E-state index contributed by atoms with van der Waals surface area (Å²) in [4.78, 5) is 4.52. The lowest BCUT2D eigenvalue weighted by molar-refractivity contribution is 0.0138.